The van der Waals surface area contributed by atoms with Crippen LogP contribution in [0.15, 0.2) is 0 Å². The molecule has 1 unspecified atom stereocenters. The lowest BCUT2D eigenvalue weighted by atomic mass is 9.90. The Kier molecular flexibility index (Phi) is 7.22. The molecule has 0 aliphatic heterocycles. The molecule has 0 saturated heterocycles. The zero-order valence-electron chi connectivity index (χ0n) is 12.0. The van der Waals surface area contributed by atoms with E-state index in [-0.39, 0.29) is 12.0 Å². The topological polar surface area (TPSA) is 29.3 Å². The number of alkyl halides is 3. The maximum absolute atomic E-state index is 12.2. The Morgan fingerprint density at radius 2 is 1.61 bits per heavy atom. The van der Waals surface area contributed by atoms with Crippen molar-refractivity contribution in [3.05, 3.63) is 0 Å². The van der Waals surface area contributed by atoms with Gasteiger partial charge in [-0.25, -0.2) is 0 Å². The Morgan fingerprint density at radius 3 is 1.94 bits per heavy atom. The highest BCUT2D eigenvalue weighted by Gasteiger charge is 2.33. The number of nitrogens with two attached hydrogens (primary N) is 1. The first-order valence-electron chi connectivity index (χ1n) is 6.70. The van der Waals surface area contributed by atoms with E-state index >= 15 is 0 Å². The van der Waals surface area contributed by atoms with Gasteiger partial charge in [-0.2, -0.15) is 13.2 Å². The third-order valence-electron chi connectivity index (χ3n) is 3.96. The summed E-state index contributed by atoms with van der Waals surface area (Å²) < 4.78 is 36.5. The average Bonchev–Trinajstić information content (AvgIpc) is 2.28. The van der Waals surface area contributed by atoms with Gasteiger partial charge in [-0.15, -0.1) is 0 Å². The number of hydrogen-bond acceptors (Lipinski definition) is 2. The lowest BCUT2D eigenvalue weighted by molar-refractivity contribution is -0.137. The van der Waals surface area contributed by atoms with Crippen LogP contribution in [0.4, 0.5) is 13.2 Å². The molecule has 0 spiro atoms. The van der Waals surface area contributed by atoms with Gasteiger partial charge in [-0.05, 0) is 39.7 Å². The number of halogens is 3. The minimum Gasteiger partial charge on any atom is -0.329 e. The molecule has 2 nitrogen and oxygen atoms in total. The standard InChI is InChI=1S/C13H27F3N2/c1-5-11(6-2)18(4)12(3,10-17)8-7-9-13(14,15)16/h11H,5-10,17H2,1-4H3. The van der Waals surface area contributed by atoms with Crippen molar-refractivity contribution in [1.82, 2.24) is 4.90 Å². The predicted octanol–water partition coefficient (Wildman–Crippen LogP) is 3.56. The van der Waals surface area contributed by atoms with E-state index in [0.29, 0.717) is 19.0 Å². The molecule has 2 N–H and O–H groups in total. The first-order chi connectivity index (χ1) is 8.20. The quantitative estimate of drug-likeness (QED) is 0.729. The molecular weight excluding hydrogens is 241 g/mol. The summed E-state index contributed by atoms with van der Waals surface area (Å²) in [6.07, 6.45) is -2.19. The molecule has 0 radical (unpaired) electrons. The summed E-state index contributed by atoms with van der Waals surface area (Å²) in [5.41, 5.74) is 5.44. The van der Waals surface area contributed by atoms with Crippen molar-refractivity contribution in [3.63, 3.8) is 0 Å². The van der Waals surface area contributed by atoms with E-state index in [1.807, 2.05) is 14.0 Å². The van der Waals surface area contributed by atoms with Crippen molar-refractivity contribution in [1.29, 1.82) is 0 Å². The molecule has 18 heavy (non-hydrogen) atoms. The van der Waals surface area contributed by atoms with Crippen LogP contribution in [0.3, 0.4) is 0 Å². The summed E-state index contributed by atoms with van der Waals surface area (Å²) in [7, 11) is 1.97. The number of nitrogens with zero attached hydrogens (tertiary/aromatic N) is 1. The SMILES string of the molecule is CCC(CC)N(C)C(C)(CN)CCCC(F)(F)F. The van der Waals surface area contributed by atoms with E-state index in [0.717, 1.165) is 12.8 Å². The van der Waals surface area contributed by atoms with Crippen molar-refractivity contribution in [2.75, 3.05) is 13.6 Å². The van der Waals surface area contributed by atoms with Crippen molar-refractivity contribution in [3.8, 4) is 0 Å². The van der Waals surface area contributed by atoms with E-state index in [2.05, 4.69) is 18.7 Å². The van der Waals surface area contributed by atoms with Crippen LogP contribution in [0, 0.1) is 0 Å². The summed E-state index contributed by atoms with van der Waals surface area (Å²) in [6, 6.07) is 0.379. The monoisotopic (exact) mass is 268 g/mol. The Morgan fingerprint density at radius 1 is 1.11 bits per heavy atom. The summed E-state index contributed by atoms with van der Waals surface area (Å²) >= 11 is 0. The lowest BCUT2D eigenvalue weighted by Gasteiger charge is -2.43. The maximum Gasteiger partial charge on any atom is 0.389 e. The normalized spacial score (nSPS) is 16.3. The largest absolute Gasteiger partial charge is 0.389 e. The number of rotatable bonds is 8. The minimum absolute atomic E-state index is 0.141. The highest BCUT2D eigenvalue weighted by atomic mass is 19.4. The van der Waals surface area contributed by atoms with Crippen LogP contribution in [0.5, 0.6) is 0 Å². The van der Waals surface area contributed by atoms with Crippen molar-refractivity contribution >= 4 is 0 Å². The summed E-state index contributed by atoms with van der Waals surface area (Å²) in [5, 5.41) is 0. The van der Waals surface area contributed by atoms with Gasteiger partial charge in [0, 0.05) is 24.5 Å². The average molecular weight is 268 g/mol. The van der Waals surface area contributed by atoms with E-state index in [1.54, 1.807) is 0 Å². The smallest absolute Gasteiger partial charge is 0.329 e. The molecule has 0 aliphatic carbocycles. The molecule has 0 rings (SSSR count). The molecule has 0 aromatic heterocycles. The Labute approximate surface area is 109 Å². The molecule has 0 aromatic rings. The van der Waals surface area contributed by atoms with E-state index in [9.17, 15) is 13.2 Å². The molecule has 0 amide bonds. The molecule has 0 aliphatic rings. The van der Waals surface area contributed by atoms with Gasteiger partial charge in [0.05, 0.1) is 0 Å². The molecule has 0 aromatic carbocycles. The van der Waals surface area contributed by atoms with Crippen molar-refractivity contribution in [2.45, 2.75) is 70.6 Å². The highest BCUT2D eigenvalue weighted by Crippen LogP contribution is 2.28. The molecule has 0 bridgehead atoms. The second-order valence-electron chi connectivity index (χ2n) is 5.25. The summed E-state index contributed by atoms with van der Waals surface area (Å²) in [6.45, 7) is 6.54. The minimum atomic E-state index is -4.07. The fourth-order valence-corrected chi connectivity index (χ4v) is 2.37. The molecule has 0 heterocycles. The van der Waals surface area contributed by atoms with Gasteiger partial charge in [0.1, 0.15) is 0 Å². The van der Waals surface area contributed by atoms with Crippen LogP contribution in [0.1, 0.15) is 52.9 Å². The molecule has 110 valence electrons. The van der Waals surface area contributed by atoms with E-state index in [1.165, 1.54) is 0 Å². The highest BCUT2D eigenvalue weighted by molar-refractivity contribution is 4.88. The van der Waals surface area contributed by atoms with Crippen LogP contribution < -0.4 is 5.73 Å². The lowest BCUT2D eigenvalue weighted by Crippen LogP contribution is -2.53. The third kappa shape index (κ3) is 5.57. The Hall–Kier alpha value is -0.290. The van der Waals surface area contributed by atoms with Gasteiger partial charge in [0.2, 0.25) is 0 Å². The second kappa shape index (κ2) is 7.34. The molecule has 1 atom stereocenters. The Bertz CT molecular complexity index is 227. The Balaban J connectivity index is 4.49. The van der Waals surface area contributed by atoms with Crippen LogP contribution >= 0.6 is 0 Å². The first kappa shape index (κ1) is 17.7. The zero-order valence-corrected chi connectivity index (χ0v) is 12.0. The van der Waals surface area contributed by atoms with Crippen molar-refractivity contribution < 1.29 is 13.2 Å². The van der Waals surface area contributed by atoms with Gasteiger partial charge in [0.25, 0.3) is 0 Å². The van der Waals surface area contributed by atoms with Gasteiger partial charge in [-0.1, -0.05) is 13.8 Å². The van der Waals surface area contributed by atoms with Crippen LogP contribution in [0.2, 0.25) is 0 Å². The predicted molar refractivity (Wildman–Crippen MR) is 69.5 cm³/mol. The van der Waals surface area contributed by atoms with Crippen LogP contribution in [0.25, 0.3) is 0 Å². The number of hydrogen-bond donors (Lipinski definition) is 1. The molecular formula is C13H27F3N2. The van der Waals surface area contributed by atoms with Crippen molar-refractivity contribution in [2.24, 2.45) is 5.73 Å². The fraction of sp³-hybridized carbons (Fsp3) is 1.00. The van der Waals surface area contributed by atoms with Gasteiger partial charge >= 0.3 is 6.18 Å². The molecule has 0 fully saturated rings. The van der Waals surface area contributed by atoms with E-state index in [4.69, 9.17) is 5.73 Å². The fourth-order valence-electron chi connectivity index (χ4n) is 2.37. The van der Waals surface area contributed by atoms with Crippen LogP contribution in [-0.4, -0.2) is 36.2 Å². The number of likely N-dealkylation sites (N-methyl/N-ethyl adjacent to an activating group) is 1. The zero-order chi connectivity index (χ0) is 14.4. The van der Waals surface area contributed by atoms with Gasteiger partial charge < -0.3 is 5.73 Å². The third-order valence-corrected chi connectivity index (χ3v) is 3.96. The second-order valence-corrected chi connectivity index (χ2v) is 5.25. The van der Waals surface area contributed by atoms with Crippen LogP contribution in [-0.2, 0) is 0 Å². The van der Waals surface area contributed by atoms with Gasteiger partial charge in [-0.3, -0.25) is 4.90 Å². The summed E-state index contributed by atoms with van der Waals surface area (Å²) in [4.78, 5) is 2.16. The first-order valence-corrected chi connectivity index (χ1v) is 6.70. The maximum atomic E-state index is 12.2. The molecule has 5 heteroatoms. The molecule has 0 saturated carbocycles. The summed E-state index contributed by atoms with van der Waals surface area (Å²) in [5.74, 6) is 0. The van der Waals surface area contributed by atoms with Gasteiger partial charge in [0.15, 0.2) is 0 Å². The van der Waals surface area contributed by atoms with E-state index < -0.39 is 12.6 Å².